The van der Waals surface area contributed by atoms with E-state index in [-0.39, 0.29) is 24.0 Å². The first kappa shape index (κ1) is 29.1. The highest BCUT2D eigenvalue weighted by atomic mass is 32.2. The average molecular weight is 589 g/mol. The van der Waals surface area contributed by atoms with Gasteiger partial charge in [0.15, 0.2) is 11.2 Å². The van der Waals surface area contributed by atoms with Crippen LogP contribution in [0.4, 0.5) is 0 Å². The van der Waals surface area contributed by atoms with Gasteiger partial charge in [-0.05, 0) is 17.6 Å². The highest BCUT2D eigenvalue weighted by Gasteiger charge is 2.55. The number of carbonyl (C=O) groups is 5. The zero-order chi connectivity index (χ0) is 28.8. The van der Waals surface area contributed by atoms with Gasteiger partial charge in [0, 0.05) is 18.6 Å². The van der Waals surface area contributed by atoms with Crippen molar-refractivity contribution in [2.75, 3.05) is 32.1 Å². The zero-order valence-electron chi connectivity index (χ0n) is 21.7. The fourth-order valence-corrected chi connectivity index (χ4v) is 6.32. The summed E-state index contributed by atoms with van der Waals surface area (Å²) in [5.74, 6) is -2.36. The standard InChI is InChI=1S/C24H28N8O6S2/c1-26-30-31(2)24(25)39-9-8-14-12-40-22-17(29-20(35)16-19(34)27-10-15(33)28-16)21(36)32(22)18(14)23(37)38-11-13-6-4-3-5-7-13/h3-7,16-17,22,25H,8-12H2,1-2H3,(H,27,34)(H,28,33)(H,29,35)/b25-24?,30-26-. The molecule has 1 aromatic carbocycles. The van der Waals surface area contributed by atoms with E-state index in [2.05, 4.69) is 26.3 Å². The summed E-state index contributed by atoms with van der Waals surface area (Å²) in [7, 11) is 3.10. The van der Waals surface area contributed by atoms with E-state index in [4.69, 9.17) is 10.1 Å². The predicted octanol–water partition coefficient (Wildman–Crippen LogP) is -0.0147. The molecule has 14 nitrogen and oxygen atoms in total. The van der Waals surface area contributed by atoms with E-state index >= 15 is 0 Å². The fraction of sp³-hybridized carbons (Fsp3) is 0.417. The summed E-state index contributed by atoms with van der Waals surface area (Å²) in [6, 6.07) is 6.69. The first-order chi connectivity index (χ1) is 19.2. The molecule has 0 bridgehead atoms. The van der Waals surface area contributed by atoms with Crippen molar-refractivity contribution in [2.45, 2.75) is 30.5 Å². The third kappa shape index (κ3) is 6.44. The minimum atomic E-state index is -1.45. The Kier molecular flexibility index (Phi) is 9.42. The number of carbonyl (C=O) groups excluding carboxylic acids is 5. The molecule has 3 unspecified atom stereocenters. The van der Waals surface area contributed by atoms with Gasteiger partial charge in [-0.1, -0.05) is 47.3 Å². The lowest BCUT2D eigenvalue weighted by atomic mass is 10.0. The van der Waals surface area contributed by atoms with Crippen LogP contribution in [0.2, 0.25) is 0 Å². The van der Waals surface area contributed by atoms with Gasteiger partial charge in [0.1, 0.15) is 23.7 Å². The Bertz CT molecular complexity index is 1270. The molecule has 16 heteroatoms. The number of nitrogens with one attached hydrogen (secondary N) is 4. The molecule has 2 saturated heterocycles. The normalized spacial score (nSPS) is 22.2. The molecule has 3 aliphatic heterocycles. The van der Waals surface area contributed by atoms with Gasteiger partial charge in [0.05, 0.1) is 13.6 Å². The maximum atomic E-state index is 13.3. The molecule has 2 fully saturated rings. The molecule has 212 valence electrons. The average Bonchev–Trinajstić information content (AvgIpc) is 2.95. The molecule has 0 spiro atoms. The quantitative estimate of drug-likeness (QED) is 0.0585. The van der Waals surface area contributed by atoms with Crippen molar-refractivity contribution in [3.63, 3.8) is 0 Å². The van der Waals surface area contributed by atoms with Crippen LogP contribution in [0.1, 0.15) is 12.0 Å². The van der Waals surface area contributed by atoms with E-state index in [9.17, 15) is 24.0 Å². The summed E-state index contributed by atoms with van der Waals surface area (Å²) >= 11 is 2.58. The minimum Gasteiger partial charge on any atom is -0.456 e. The number of fused-ring (bicyclic) bond motifs is 1. The number of β-lactam (4-membered cyclic amide) rings is 1. The molecule has 4 amide bonds. The third-order valence-electron chi connectivity index (χ3n) is 6.16. The van der Waals surface area contributed by atoms with Crippen LogP contribution in [-0.2, 0) is 35.3 Å². The second-order valence-corrected chi connectivity index (χ2v) is 11.0. The van der Waals surface area contributed by atoms with E-state index in [1.54, 1.807) is 7.05 Å². The lowest BCUT2D eigenvalue weighted by Gasteiger charge is -2.50. The first-order valence-corrected chi connectivity index (χ1v) is 14.2. The smallest absolute Gasteiger partial charge is 0.355 e. The van der Waals surface area contributed by atoms with Gasteiger partial charge < -0.3 is 20.7 Å². The van der Waals surface area contributed by atoms with E-state index in [1.807, 2.05) is 30.3 Å². The topological polar surface area (TPSA) is 186 Å². The molecule has 3 atom stereocenters. The molecule has 3 aliphatic rings. The van der Waals surface area contributed by atoms with Crippen molar-refractivity contribution < 1.29 is 28.7 Å². The lowest BCUT2D eigenvalue weighted by Crippen LogP contribution is -2.73. The van der Waals surface area contributed by atoms with Gasteiger partial charge in [0.2, 0.25) is 5.91 Å². The van der Waals surface area contributed by atoms with Crippen LogP contribution in [0.25, 0.3) is 0 Å². The van der Waals surface area contributed by atoms with Gasteiger partial charge in [-0.2, -0.15) is 5.11 Å². The Labute approximate surface area is 238 Å². The number of nitrogens with zero attached hydrogens (tertiary/aromatic N) is 4. The Hall–Kier alpha value is -3.92. The van der Waals surface area contributed by atoms with Crippen molar-refractivity contribution in [3.8, 4) is 0 Å². The van der Waals surface area contributed by atoms with E-state index in [0.717, 1.165) is 5.56 Å². The van der Waals surface area contributed by atoms with Crippen molar-refractivity contribution >= 4 is 58.3 Å². The Balaban J connectivity index is 1.48. The molecule has 0 aromatic heterocycles. The summed E-state index contributed by atoms with van der Waals surface area (Å²) < 4.78 is 5.56. The van der Waals surface area contributed by atoms with E-state index < -0.39 is 47.1 Å². The zero-order valence-corrected chi connectivity index (χ0v) is 23.3. The molecule has 3 heterocycles. The fourth-order valence-electron chi connectivity index (χ4n) is 4.16. The van der Waals surface area contributed by atoms with Gasteiger partial charge >= 0.3 is 5.97 Å². The van der Waals surface area contributed by atoms with Crippen molar-refractivity contribution in [3.05, 3.63) is 47.2 Å². The van der Waals surface area contributed by atoms with Gasteiger partial charge in [-0.15, -0.1) is 11.8 Å². The Morgan fingerprint density at radius 1 is 1.27 bits per heavy atom. The number of amidine groups is 1. The maximum absolute atomic E-state index is 13.3. The summed E-state index contributed by atoms with van der Waals surface area (Å²) in [5.41, 5.74) is 1.58. The van der Waals surface area contributed by atoms with Gasteiger partial charge in [0.25, 0.3) is 17.7 Å². The molecule has 0 aliphatic carbocycles. The molecular weight excluding hydrogens is 560 g/mol. The summed E-state index contributed by atoms with van der Waals surface area (Å²) in [6.07, 6.45) is 0.398. The number of thioether (sulfide) groups is 2. The van der Waals surface area contributed by atoms with Crippen LogP contribution in [0.15, 0.2) is 51.9 Å². The number of piperazine rings is 1. The molecule has 1 aromatic rings. The molecule has 40 heavy (non-hydrogen) atoms. The molecule has 0 saturated carbocycles. The third-order valence-corrected chi connectivity index (χ3v) is 8.45. The summed E-state index contributed by atoms with van der Waals surface area (Å²) in [5, 5.41) is 23.6. The minimum absolute atomic E-state index is 0.0131. The molecular formula is C24H28N8O6S2. The Morgan fingerprint density at radius 2 is 2.02 bits per heavy atom. The van der Waals surface area contributed by atoms with Crippen LogP contribution in [-0.4, -0.2) is 94.3 Å². The predicted molar refractivity (Wildman–Crippen MR) is 147 cm³/mol. The van der Waals surface area contributed by atoms with Crippen molar-refractivity contribution in [2.24, 2.45) is 10.3 Å². The van der Waals surface area contributed by atoms with E-state index in [0.29, 0.717) is 23.5 Å². The molecule has 0 radical (unpaired) electrons. The van der Waals surface area contributed by atoms with Crippen LogP contribution in [0, 0.1) is 5.41 Å². The van der Waals surface area contributed by atoms with Crippen LogP contribution in [0.5, 0.6) is 0 Å². The van der Waals surface area contributed by atoms with Crippen LogP contribution < -0.4 is 16.0 Å². The van der Waals surface area contributed by atoms with E-state index in [1.165, 1.54) is 40.5 Å². The number of amides is 4. The highest BCUT2D eigenvalue weighted by Crippen LogP contribution is 2.42. The number of benzene rings is 1. The second kappa shape index (κ2) is 13.0. The largest absolute Gasteiger partial charge is 0.456 e. The SMILES string of the molecule is C/N=N\N(C)C(=N)SCCC1=C(C(=O)OCc2ccccc2)N2C(=O)C(NC(=O)C3NC(=O)CNC3=O)C2SC1. The lowest BCUT2D eigenvalue weighted by molar-refractivity contribution is -0.154. The van der Waals surface area contributed by atoms with Crippen molar-refractivity contribution in [1.82, 2.24) is 25.9 Å². The van der Waals surface area contributed by atoms with Crippen LogP contribution >= 0.6 is 23.5 Å². The molecule has 4 rings (SSSR count). The Morgan fingerprint density at radius 3 is 2.75 bits per heavy atom. The number of rotatable bonds is 9. The molecule has 4 N–H and O–H groups in total. The monoisotopic (exact) mass is 588 g/mol. The first-order valence-electron chi connectivity index (χ1n) is 12.2. The second-order valence-electron chi connectivity index (χ2n) is 8.84. The number of hydrogen-bond donors (Lipinski definition) is 4. The summed E-state index contributed by atoms with van der Waals surface area (Å²) in [6.45, 7) is -0.213. The van der Waals surface area contributed by atoms with Gasteiger partial charge in [-0.25, -0.2) is 9.80 Å². The van der Waals surface area contributed by atoms with Gasteiger partial charge in [-0.3, -0.25) is 29.5 Å². The number of ether oxygens (including phenoxy) is 1. The number of esters is 1. The summed E-state index contributed by atoms with van der Waals surface area (Å²) in [4.78, 5) is 64.2. The maximum Gasteiger partial charge on any atom is 0.355 e. The van der Waals surface area contributed by atoms with Crippen LogP contribution in [0.3, 0.4) is 0 Å². The van der Waals surface area contributed by atoms with Crippen molar-refractivity contribution in [1.29, 1.82) is 5.41 Å². The highest BCUT2D eigenvalue weighted by molar-refractivity contribution is 8.13. The number of hydrogen-bond acceptors (Lipinski definition) is 11.